The van der Waals surface area contributed by atoms with Crippen LogP contribution in [0.3, 0.4) is 0 Å². The van der Waals surface area contributed by atoms with Crippen LogP contribution >= 0.6 is 0 Å². The minimum atomic E-state index is -0.392. The number of aromatic nitrogens is 2. The molecular formula is C24H25N5O5. The third-order valence-electron chi connectivity index (χ3n) is 5.85. The fraction of sp³-hybridized carbons (Fsp3) is 0.333. The molecular weight excluding hydrogens is 438 g/mol. The Bertz CT molecular complexity index is 1230. The molecule has 10 nitrogen and oxygen atoms in total. The summed E-state index contributed by atoms with van der Waals surface area (Å²) in [6, 6.07) is 11.0. The molecule has 1 fully saturated rings. The van der Waals surface area contributed by atoms with Gasteiger partial charge in [0.1, 0.15) is 11.9 Å². The van der Waals surface area contributed by atoms with E-state index in [0.29, 0.717) is 42.5 Å². The molecule has 1 atom stereocenters. The molecule has 176 valence electrons. The first-order valence-corrected chi connectivity index (χ1v) is 11.1. The fourth-order valence-electron chi connectivity index (χ4n) is 4.11. The summed E-state index contributed by atoms with van der Waals surface area (Å²) in [5.74, 6) is 0.940. The minimum absolute atomic E-state index is 0.00470. The summed E-state index contributed by atoms with van der Waals surface area (Å²) >= 11 is 0. The number of hydrogen-bond donors (Lipinski definition) is 2. The Hall–Kier alpha value is -3.92. The zero-order valence-electron chi connectivity index (χ0n) is 18.7. The van der Waals surface area contributed by atoms with Crippen LogP contribution < -0.4 is 25.0 Å². The topological polar surface area (TPSA) is 115 Å². The highest BCUT2D eigenvalue weighted by molar-refractivity contribution is 5.97. The highest BCUT2D eigenvalue weighted by Crippen LogP contribution is 2.33. The SMILES string of the molecule is COc1ccc2nccc(CCNCCC3CN(c4ccc5c(c4)NC(=O)CO5)C(=O)O3)c2n1. The molecule has 0 radical (unpaired) electrons. The molecule has 34 heavy (non-hydrogen) atoms. The van der Waals surface area contributed by atoms with Crippen molar-refractivity contribution >= 4 is 34.4 Å². The molecule has 3 aromatic rings. The monoisotopic (exact) mass is 463 g/mol. The Morgan fingerprint density at radius 1 is 1.21 bits per heavy atom. The average molecular weight is 463 g/mol. The van der Waals surface area contributed by atoms with Gasteiger partial charge in [-0.15, -0.1) is 0 Å². The van der Waals surface area contributed by atoms with Crippen molar-refractivity contribution in [1.29, 1.82) is 0 Å². The lowest BCUT2D eigenvalue weighted by atomic mass is 10.1. The predicted octanol–water partition coefficient (Wildman–Crippen LogP) is 2.52. The molecule has 0 bridgehead atoms. The molecule has 0 spiro atoms. The Kier molecular flexibility index (Phi) is 6.13. The van der Waals surface area contributed by atoms with Gasteiger partial charge in [-0.25, -0.2) is 9.78 Å². The van der Waals surface area contributed by atoms with Crippen LogP contribution in [0.15, 0.2) is 42.6 Å². The molecule has 2 aromatic heterocycles. The number of cyclic esters (lactones) is 1. The number of pyridine rings is 2. The first kappa shape index (κ1) is 21.9. The standard InChI is InChI=1S/C24H25N5O5/c1-32-22-5-3-18-23(28-22)15(7-11-26-18)6-9-25-10-8-17-13-29(24(31)34-17)16-2-4-20-19(12-16)27-21(30)14-33-20/h2-5,7,11-12,17,25H,6,8-10,13-14H2,1H3,(H,27,30). The van der Waals surface area contributed by atoms with Gasteiger partial charge < -0.3 is 24.8 Å². The number of nitrogens with zero attached hydrogens (tertiary/aromatic N) is 3. The third kappa shape index (κ3) is 4.58. The summed E-state index contributed by atoms with van der Waals surface area (Å²) < 4.78 is 16.1. The van der Waals surface area contributed by atoms with Gasteiger partial charge in [0.05, 0.1) is 30.4 Å². The van der Waals surface area contributed by atoms with Gasteiger partial charge in [0.2, 0.25) is 5.88 Å². The van der Waals surface area contributed by atoms with Gasteiger partial charge in [0, 0.05) is 18.0 Å². The Morgan fingerprint density at radius 2 is 2.12 bits per heavy atom. The van der Waals surface area contributed by atoms with Crippen LogP contribution in [0, 0.1) is 0 Å². The summed E-state index contributed by atoms with van der Waals surface area (Å²) in [7, 11) is 1.60. The van der Waals surface area contributed by atoms with Crippen molar-refractivity contribution in [3.63, 3.8) is 0 Å². The van der Waals surface area contributed by atoms with Crippen molar-refractivity contribution in [3.05, 3.63) is 48.2 Å². The third-order valence-corrected chi connectivity index (χ3v) is 5.85. The van der Waals surface area contributed by atoms with E-state index in [1.165, 1.54) is 0 Å². The van der Waals surface area contributed by atoms with Gasteiger partial charge in [0.15, 0.2) is 6.61 Å². The van der Waals surface area contributed by atoms with Crippen molar-refractivity contribution in [2.75, 3.05) is 43.6 Å². The quantitative estimate of drug-likeness (QED) is 0.490. The number of carbonyl (C=O) groups is 2. The van der Waals surface area contributed by atoms with E-state index in [2.05, 4.69) is 20.6 Å². The van der Waals surface area contributed by atoms with E-state index >= 15 is 0 Å². The molecule has 2 aliphatic heterocycles. The first-order chi connectivity index (χ1) is 16.6. The number of nitrogens with one attached hydrogen (secondary N) is 2. The smallest absolute Gasteiger partial charge is 0.414 e. The van der Waals surface area contributed by atoms with Gasteiger partial charge in [-0.05, 0) is 61.8 Å². The van der Waals surface area contributed by atoms with Crippen molar-refractivity contribution < 1.29 is 23.8 Å². The molecule has 10 heteroatoms. The number of methoxy groups -OCH3 is 1. The van der Waals surface area contributed by atoms with Crippen LogP contribution in [0.2, 0.25) is 0 Å². The van der Waals surface area contributed by atoms with E-state index in [1.807, 2.05) is 12.1 Å². The minimum Gasteiger partial charge on any atom is -0.482 e. The fourth-order valence-corrected chi connectivity index (χ4v) is 4.11. The lowest BCUT2D eigenvalue weighted by Crippen LogP contribution is -2.28. The highest BCUT2D eigenvalue weighted by Gasteiger charge is 2.32. The second kappa shape index (κ2) is 9.52. The molecule has 4 heterocycles. The van der Waals surface area contributed by atoms with E-state index < -0.39 is 6.09 Å². The van der Waals surface area contributed by atoms with Crippen LogP contribution in [-0.4, -0.2) is 61.4 Å². The second-order valence-electron chi connectivity index (χ2n) is 8.11. The molecule has 0 aliphatic carbocycles. The van der Waals surface area contributed by atoms with Gasteiger partial charge in [-0.3, -0.25) is 14.7 Å². The van der Waals surface area contributed by atoms with Gasteiger partial charge >= 0.3 is 6.09 Å². The van der Waals surface area contributed by atoms with Crippen molar-refractivity contribution in [2.24, 2.45) is 0 Å². The number of ether oxygens (including phenoxy) is 3. The van der Waals surface area contributed by atoms with Crippen molar-refractivity contribution in [2.45, 2.75) is 18.9 Å². The maximum Gasteiger partial charge on any atom is 0.414 e. The van der Waals surface area contributed by atoms with Crippen molar-refractivity contribution in [1.82, 2.24) is 15.3 Å². The molecule has 0 saturated carbocycles. The number of hydrogen-bond acceptors (Lipinski definition) is 8. The summed E-state index contributed by atoms with van der Waals surface area (Å²) in [5.41, 5.74) is 4.00. The second-order valence-corrected chi connectivity index (χ2v) is 8.11. The average Bonchev–Trinajstić information content (AvgIpc) is 3.23. The number of benzene rings is 1. The largest absolute Gasteiger partial charge is 0.482 e. The van der Waals surface area contributed by atoms with Gasteiger partial charge in [-0.1, -0.05) is 0 Å². The maximum atomic E-state index is 12.4. The zero-order valence-corrected chi connectivity index (χ0v) is 18.7. The van der Waals surface area contributed by atoms with E-state index in [4.69, 9.17) is 14.2 Å². The summed E-state index contributed by atoms with van der Waals surface area (Å²) in [6.07, 6.45) is 2.66. The molecule has 5 rings (SSSR count). The molecule has 2 amide bonds. The Balaban J connectivity index is 1.12. The van der Waals surface area contributed by atoms with Crippen LogP contribution in [0.25, 0.3) is 11.0 Å². The lowest BCUT2D eigenvalue weighted by molar-refractivity contribution is -0.118. The van der Waals surface area contributed by atoms with Crippen LogP contribution in [-0.2, 0) is 16.0 Å². The number of fused-ring (bicyclic) bond motifs is 2. The highest BCUT2D eigenvalue weighted by atomic mass is 16.6. The summed E-state index contributed by atoms with van der Waals surface area (Å²) in [6.45, 7) is 1.91. The number of anilines is 2. The Morgan fingerprint density at radius 3 is 3.00 bits per heavy atom. The zero-order chi connectivity index (χ0) is 23.5. The maximum absolute atomic E-state index is 12.4. The molecule has 1 aromatic carbocycles. The predicted molar refractivity (Wildman–Crippen MR) is 125 cm³/mol. The van der Waals surface area contributed by atoms with E-state index in [0.717, 1.165) is 29.6 Å². The molecule has 2 N–H and O–H groups in total. The van der Waals surface area contributed by atoms with Crippen LogP contribution in [0.5, 0.6) is 11.6 Å². The number of rotatable bonds is 8. The van der Waals surface area contributed by atoms with E-state index in [1.54, 1.807) is 42.5 Å². The Labute approximate surface area is 196 Å². The lowest BCUT2D eigenvalue weighted by Gasteiger charge is -2.20. The molecule has 1 saturated heterocycles. The first-order valence-electron chi connectivity index (χ1n) is 11.1. The number of carbonyl (C=O) groups excluding carboxylic acids is 2. The van der Waals surface area contributed by atoms with Gasteiger partial charge in [-0.2, -0.15) is 0 Å². The summed E-state index contributed by atoms with van der Waals surface area (Å²) in [4.78, 5) is 34.4. The van der Waals surface area contributed by atoms with E-state index in [9.17, 15) is 9.59 Å². The molecule has 1 unspecified atom stereocenters. The number of amides is 2. The van der Waals surface area contributed by atoms with Crippen LogP contribution in [0.4, 0.5) is 16.2 Å². The summed E-state index contributed by atoms with van der Waals surface area (Å²) in [5, 5.41) is 6.18. The van der Waals surface area contributed by atoms with Crippen molar-refractivity contribution in [3.8, 4) is 11.6 Å². The van der Waals surface area contributed by atoms with E-state index in [-0.39, 0.29) is 18.6 Å². The van der Waals surface area contributed by atoms with Gasteiger partial charge in [0.25, 0.3) is 5.91 Å². The normalized spacial score (nSPS) is 17.2. The molecule has 2 aliphatic rings. The van der Waals surface area contributed by atoms with Crippen LogP contribution in [0.1, 0.15) is 12.0 Å².